The highest BCUT2D eigenvalue weighted by Gasteiger charge is 2.35. The van der Waals surface area contributed by atoms with E-state index in [4.69, 9.17) is 0 Å². The Hall–Kier alpha value is -2.21. The Kier molecular flexibility index (Phi) is 4.17. The molecule has 0 saturated heterocycles. The van der Waals surface area contributed by atoms with Gasteiger partial charge in [0.1, 0.15) is 5.25 Å². The minimum absolute atomic E-state index is 0.0638. The van der Waals surface area contributed by atoms with Crippen LogP contribution in [0.3, 0.4) is 0 Å². The van der Waals surface area contributed by atoms with Gasteiger partial charge in [-0.25, -0.2) is 13.4 Å². The summed E-state index contributed by atoms with van der Waals surface area (Å²) < 4.78 is 25.2. The second-order valence-electron chi connectivity index (χ2n) is 5.58. The molecule has 120 valence electrons. The molecule has 5 nitrogen and oxygen atoms in total. The number of para-hydroxylation sites is 1. The van der Waals surface area contributed by atoms with Crippen molar-refractivity contribution in [3.05, 3.63) is 54.2 Å². The lowest BCUT2D eigenvalue weighted by atomic mass is 10.0. The van der Waals surface area contributed by atoms with Gasteiger partial charge >= 0.3 is 0 Å². The zero-order chi connectivity index (χ0) is 16.4. The first-order chi connectivity index (χ1) is 11.0. The van der Waals surface area contributed by atoms with Crippen LogP contribution in [-0.2, 0) is 21.1 Å². The molecular weight excluding hydrogens is 312 g/mol. The fourth-order valence-electron chi connectivity index (χ4n) is 2.81. The van der Waals surface area contributed by atoms with Crippen molar-refractivity contribution in [2.24, 2.45) is 0 Å². The normalized spacial score (nSPS) is 15.8. The number of pyridine rings is 1. The number of sulfone groups is 1. The number of carbonyl (C=O) groups excluding carboxylic acids is 1. The van der Waals surface area contributed by atoms with E-state index in [1.54, 1.807) is 17.0 Å². The zero-order valence-electron chi connectivity index (χ0n) is 12.8. The highest BCUT2D eigenvalue weighted by Crippen LogP contribution is 2.28. The molecule has 0 fully saturated rings. The van der Waals surface area contributed by atoms with Gasteiger partial charge in [0, 0.05) is 18.4 Å². The molecule has 2 aromatic rings. The van der Waals surface area contributed by atoms with Gasteiger partial charge in [-0.3, -0.25) is 4.79 Å². The molecule has 0 radical (unpaired) electrons. The minimum atomic E-state index is -3.79. The van der Waals surface area contributed by atoms with Crippen molar-refractivity contribution in [3.8, 4) is 0 Å². The summed E-state index contributed by atoms with van der Waals surface area (Å²) in [5.74, 6) is -0.400. The maximum Gasteiger partial charge on any atom is 0.245 e. The molecule has 0 aliphatic carbocycles. The molecule has 2 heterocycles. The quantitative estimate of drug-likeness (QED) is 0.865. The number of hydrogen-bond acceptors (Lipinski definition) is 4. The summed E-state index contributed by atoms with van der Waals surface area (Å²) in [4.78, 5) is 18.3. The lowest BCUT2D eigenvalue weighted by Crippen LogP contribution is -2.44. The average Bonchev–Trinajstić information content (AvgIpc) is 2.60. The van der Waals surface area contributed by atoms with Gasteiger partial charge in [-0.15, -0.1) is 0 Å². The fourth-order valence-corrected chi connectivity index (χ4v) is 4.04. The number of rotatable bonds is 3. The second-order valence-corrected chi connectivity index (χ2v) is 7.79. The van der Waals surface area contributed by atoms with E-state index in [1.165, 1.54) is 19.2 Å². The van der Waals surface area contributed by atoms with E-state index >= 15 is 0 Å². The van der Waals surface area contributed by atoms with Crippen LogP contribution in [0.15, 0.2) is 53.7 Å². The van der Waals surface area contributed by atoms with Crippen LogP contribution in [0, 0.1) is 0 Å². The standard InChI is InChI=1S/C17H18N2O3S/c1-13(23(21,22)16-10-4-5-11-18-16)17(20)19-12-6-8-14-7-2-3-9-15(14)19/h2-5,7,9-11,13H,6,8,12H2,1H3. The molecule has 3 rings (SSSR count). The van der Waals surface area contributed by atoms with Crippen LogP contribution in [0.1, 0.15) is 18.9 Å². The van der Waals surface area contributed by atoms with Crippen LogP contribution in [0.25, 0.3) is 0 Å². The first-order valence-electron chi connectivity index (χ1n) is 7.56. The molecule has 0 spiro atoms. The maximum atomic E-state index is 12.8. The van der Waals surface area contributed by atoms with Gasteiger partial charge < -0.3 is 4.90 Å². The van der Waals surface area contributed by atoms with E-state index in [2.05, 4.69) is 4.98 Å². The molecule has 6 heteroatoms. The first-order valence-corrected chi connectivity index (χ1v) is 9.10. The summed E-state index contributed by atoms with van der Waals surface area (Å²) in [7, 11) is -3.79. The fraction of sp³-hybridized carbons (Fsp3) is 0.294. The summed E-state index contributed by atoms with van der Waals surface area (Å²) in [6.45, 7) is 1.97. The summed E-state index contributed by atoms with van der Waals surface area (Å²) in [5, 5.41) is -1.23. The van der Waals surface area contributed by atoms with Gasteiger partial charge in [0.2, 0.25) is 15.7 Å². The largest absolute Gasteiger partial charge is 0.311 e. The molecule has 1 atom stereocenters. The highest BCUT2D eigenvalue weighted by atomic mass is 32.2. The van der Waals surface area contributed by atoms with Crippen LogP contribution < -0.4 is 4.90 Å². The Balaban J connectivity index is 1.92. The van der Waals surface area contributed by atoms with Crippen molar-refractivity contribution in [1.29, 1.82) is 0 Å². The molecule has 1 amide bonds. The zero-order valence-corrected chi connectivity index (χ0v) is 13.7. The molecule has 1 unspecified atom stereocenters. The number of aromatic nitrogens is 1. The van der Waals surface area contributed by atoms with Crippen LogP contribution in [-0.4, -0.2) is 31.1 Å². The van der Waals surface area contributed by atoms with E-state index in [-0.39, 0.29) is 5.03 Å². The van der Waals surface area contributed by atoms with Crippen molar-refractivity contribution in [2.75, 3.05) is 11.4 Å². The van der Waals surface area contributed by atoms with E-state index < -0.39 is 21.0 Å². The third-order valence-corrected chi connectivity index (χ3v) is 6.08. The molecule has 0 saturated carbocycles. The molecule has 1 aromatic heterocycles. The Labute approximate surface area is 135 Å². The lowest BCUT2D eigenvalue weighted by Gasteiger charge is -2.31. The molecule has 0 bridgehead atoms. The van der Waals surface area contributed by atoms with Crippen molar-refractivity contribution in [2.45, 2.75) is 30.0 Å². The molecule has 1 aliphatic heterocycles. The minimum Gasteiger partial charge on any atom is -0.311 e. The number of benzene rings is 1. The van der Waals surface area contributed by atoms with Crippen LogP contribution in [0.5, 0.6) is 0 Å². The predicted molar refractivity (Wildman–Crippen MR) is 88.0 cm³/mol. The Morgan fingerprint density at radius 3 is 2.65 bits per heavy atom. The van der Waals surface area contributed by atoms with E-state index in [0.29, 0.717) is 6.54 Å². The Bertz CT molecular complexity index is 819. The number of carbonyl (C=O) groups is 1. The van der Waals surface area contributed by atoms with Crippen molar-refractivity contribution in [3.63, 3.8) is 0 Å². The second kappa shape index (κ2) is 6.12. The van der Waals surface area contributed by atoms with Gasteiger partial charge in [0.05, 0.1) is 0 Å². The van der Waals surface area contributed by atoms with Crippen molar-refractivity contribution in [1.82, 2.24) is 4.98 Å². The monoisotopic (exact) mass is 330 g/mol. The Morgan fingerprint density at radius 2 is 1.91 bits per heavy atom. The highest BCUT2D eigenvalue weighted by molar-refractivity contribution is 7.92. The van der Waals surface area contributed by atoms with Gasteiger partial charge in [-0.2, -0.15) is 0 Å². The molecule has 1 aromatic carbocycles. The Morgan fingerprint density at radius 1 is 1.17 bits per heavy atom. The van der Waals surface area contributed by atoms with Gasteiger partial charge in [-0.05, 0) is 43.5 Å². The maximum absolute atomic E-state index is 12.8. The number of fused-ring (bicyclic) bond motifs is 1. The predicted octanol–water partition coefficient (Wildman–Crippen LogP) is 2.22. The van der Waals surface area contributed by atoms with E-state index in [9.17, 15) is 13.2 Å². The number of aryl methyl sites for hydroxylation is 1. The first kappa shape index (κ1) is 15.7. The van der Waals surface area contributed by atoms with Gasteiger partial charge in [0.15, 0.2) is 5.03 Å². The molecular formula is C17H18N2O3S. The van der Waals surface area contributed by atoms with E-state index in [1.807, 2.05) is 24.3 Å². The van der Waals surface area contributed by atoms with Crippen LogP contribution >= 0.6 is 0 Å². The van der Waals surface area contributed by atoms with Crippen LogP contribution in [0.4, 0.5) is 5.69 Å². The molecule has 1 aliphatic rings. The average molecular weight is 330 g/mol. The van der Waals surface area contributed by atoms with Crippen LogP contribution in [0.2, 0.25) is 0 Å². The summed E-state index contributed by atoms with van der Waals surface area (Å²) in [5.41, 5.74) is 1.89. The number of anilines is 1. The van der Waals surface area contributed by atoms with Crippen molar-refractivity contribution < 1.29 is 13.2 Å². The third kappa shape index (κ3) is 2.86. The number of nitrogens with zero attached hydrogens (tertiary/aromatic N) is 2. The van der Waals surface area contributed by atoms with Gasteiger partial charge in [-0.1, -0.05) is 24.3 Å². The summed E-state index contributed by atoms with van der Waals surface area (Å²) in [6.07, 6.45) is 3.15. The molecule has 0 N–H and O–H groups in total. The number of amides is 1. The van der Waals surface area contributed by atoms with E-state index in [0.717, 1.165) is 24.1 Å². The third-order valence-electron chi connectivity index (χ3n) is 4.12. The lowest BCUT2D eigenvalue weighted by molar-refractivity contribution is -0.118. The number of hydrogen-bond donors (Lipinski definition) is 0. The summed E-state index contributed by atoms with van der Waals surface area (Å²) in [6, 6.07) is 12.3. The summed E-state index contributed by atoms with van der Waals surface area (Å²) >= 11 is 0. The van der Waals surface area contributed by atoms with Gasteiger partial charge in [0.25, 0.3) is 0 Å². The van der Waals surface area contributed by atoms with Crippen molar-refractivity contribution >= 4 is 21.4 Å². The smallest absolute Gasteiger partial charge is 0.245 e. The topological polar surface area (TPSA) is 67.3 Å². The SMILES string of the molecule is CC(C(=O)N1CCCc2ccccc21)S(=O)(=O)c1ccccn1. The molecule has 23 heavy (non-hydrogen) atoms.